The number of aryl methyl sites for hydroxylation is 2. The van der Waals surface area contributed by atoms with Crippen LogP contribution in [0.4, 0.5) is 5.69 Å². The van der Waals surface area contributed by atoms with Crippen molar-refractivity contribution in [2.75, 3.05) is 23.4 Å². The first kappa shape index (κ1) is 21.4. The van der Waals surface area contributed by atoms with Gasteiger partial charge in [0.1, 0.15) is 5.41 Å². The standard InChI is InChI=1S/C20H30N2O4S/c1-6-15-10-8-9-14(3)17(15)21-18(23)20(4,5)19(24)22(7-2)16-11-12-27(25,26)13-16/h8-10,16H,6-7,11-13H2,1-5H3,(H,21,23). The fourth-order valence-corrected chi connectivity index (χ4v) is 5.25. The fourth-order valence-electron chi connectivity index (χ4n) is 3.52. The van der Waals surface area contributed by atoms with Gasteiger partial charge in [-0.3, -0.25) is 9.59 Å². The Labute approximate surface area is 162 Å². The summed E-state index contributed by atoms with van der Waals surface area (Å²) in [6, 6.07) is 5.47. The highest BCUT2D eigenvalue weighted by atomic mass is 32.2. The van der Waals surface area contributed by atoms with E-state index in [-0.39, 0.29) is 29.4 Å². The summed E-state index contributed by atoms with van der Waals surface area (Å²) in [7, 11) is -3.11. The van der Waals surface area contributed by atoms with Crippen LogP contribution in [0.1, 0.15) is 45.2 Å². The van der Waals surface area contributed by atoms with E-state index in [9.17, 15) is 18.0 Å². The van der Waals surface area contributed by atoms with E-state index < -0.39 is 15.3 Å². The van der Waals surface area contributed by atoms with Crippen LogP contribution in [-0.2, 0) is 25.8 Å². The van der Waals surface area contributed by atoms with Crippen LogP contribution in [0.5, 0.6) is 0 Å². The Morgan fingerprint density at radius 3 is 2.44 bits per heavy atom. The highest BCUT2D eigenvalue weighted by molar-refractivity contribution is 7.91. The van der Waals surface area contributed by atoms with Gasteiger partial charge in [-0.15, -0.1) is 0 Å². The molecule has 0 saturated carbocycles. The molecule has 1 aliphatic rings. The molecular weight excluding hydrogens is 364 g/mol. The minimum absolute atomic E-state index is 0.0257. The van der Waals surface area contributed by atoms with Crippen LogP contribution in [0, 0.1) is 12.3 Å². The average molecular weight is 395 g/mol. The lowest BCUT2D eigenvalue weighted by Gasteiger charge is -2.34. The molecule has 27 heavy (non-hydrogen) atoms. The first-order valence-corrected chi connectivity index (χ1v) is 11.3. The zero-order valence-corrected chi connectivity index (χ0v) is 17.6. The van der Waals surface area contributed by atoms with Crippen LogP contribution in [0.15, 0.2) is 18.2 Å². The van der Waals surface area contributed by atoms with Crippen molar-refractivity contribution >= 4 is 27.3 Å². The average Bonchev–Trinajstić information content (AvgIpc) is 2.96. The summed E-state index contributed by atoms with van der Waals surface area (Å²) < 4.78 is 23.6. The van der Waals surface area contributed by atoms with E-state index in [1.54, 1.807) is 18.7 Å². The summed E-state index contributed by atoms with van der Waals surface area (Å²) in [5.41, 5.74) is 1.41. The van der Waals surface area contributed by atoms with Gasteiger partial charge in [-0.2, -0.15) is 0 Å². The molecule has 1 aromatic carbocycles. The summed E-state index contributed by atoms with van der Waals surface area (Å²) in [5.74, 6) is -0.647. The Bertz CT molecular complexity index is 830. The van der Waals surface area contributed by atoms with Crippen molar-refractivity contribution in [2.24, 2.45) is 5.41 Å². The number of carbonyl (C=O) groups excluding carboxylic acids is 2. The molecule has 1 aromatic rings. The number of nitrogens with zero attached hydrogens (tertiary/aromatic N) is 1. The highest BCUT2D eigenvalue weighted by Crippen LogP contribution is 2.28. The van der Waals surface area contributed by atoms with Gasteiger partial charge < -0.3 is 10.2 Å². The number of amides is 2. The zero-order chi connectivity index (χ0) is 20.4. The van der Waals surface area contributed by atoms with Gasteiger partial charge in [0, 0.05) is 18.3 Å². The summed E-state index contributed by atoms with van der Waals surface area (Å²) in [5, 5.41) is 2.93. The number of carbonyl (C=O) groups is 2. The van der Waals surface area contributed by atoms with Crippen LogP contribution in [0.25, 0.3) is 0 Å². The molecule has 1 unspecified atom stereocenters. The summed E-state index contributed by atoms with van der Waals surface area (Å²) in [6.07, 6.45) is 1.20. The lowest BCUT2D eigenvalue weighted by atomic mass is 9.89. The van der Waals surface area contributed by atoms with Crippen LogP contribution in [-0.4, -0.2) is 49.2 Å². The minimum atomic E-state index is -3.11. The molecule has 1 atom stereocenters. The molecule has 1 N–H and O–H groups in total. The number of anilines is 1. The topological polar surface area (TPSA) is 83.6 Å². The number of para-hydroxylation sites is 1. The van der Waals surface area contributed by atoms with Crippen molar-refractivity contribution in [3.63, 3.8) is 0 Å². The molecule has 0 aliphatic carbocycles. The van der Waals surface area contributed by atoms with Gasteiger partial charge in [-0.05, 0) is 51.7 Å². The van der Waals surface area contributed by atoms with Gasteiger partial charge in [-0.25, -0.2) is 8.42 Å². The molecule has 6 nitrogen and oxygen atoms in total. The number of rotatable bonds is 6. The van der Waals surface area contributed by atoms with Crippen LogP contribution < -0.4 is 5.32 Å². The molecule has 2 rings (SSSR count). The second-order valence-corrected chi connectivity index (χ2v) is 9.92. The van der Waals surface area contributed by atoms with Gasteiger partial charge in [0.15, 0.2) is 9.84 Å². The highest BCUT2D eigenvalue weighted by Gasteiger charge is 2.43. The monoisotopic (exact) mass is 394 g/mol. The Kier molecular flexibility index (Phi) is 6.35. The SMILES string of the molecule is CCc1cccc(C)c1NC(=O)C(C)(C)C(=O)N(CC)C1CCS(=O)(=O)C1. The van der Waals surface area contributed by atoms with E-state index in [4.69, 9.17) is 0 Å². The molecule has 1 heterocycles. The van der Waals surface area contributed by atoms with Crippen molar-refractivity contribution in [3.05, 3.63) is 29.3 Å². The van der Waals surface area contributed by atoms with Crippen molar-refractivity contribution in [2.45, 2.75) is 53.5 Å². The predicted molar refractivity (Wildman–Crippen MR) is 107 cm³/mol. The van der Waals surface area contributed by atoms with E-state index in [0.717, 1.165) is 23.2 Å². The second kappa shape index (κ2) is 8.00. The predicted octanol–water partition coefficient (Wildman–Crippen LogP) is 2.56. The van der Waals surface area contributed by atoms with Crippen molar-refractivity contribution in [1.29, 1.82) is 0 Å². The maximum Gasteiger partial charge on any atom is 0.239 e. The Balaban J connectivity index is 2.23. The molecular formula is C20H30N2O4S. The molecule has 150 valence electrons. The van der Waals surface area contributed by atoms with Gasteiger partial charge >= 0.3 is 0 Å². The normalized spacial score (nSPS) is 18.9. The molecule has 2 amide bonds. The van der Waals surface area contributed by atoms with E-state index in [1.807, 2.05) is 39.0 Å². The molecule has 1 fully saturated rings. The molecule has 7 heteroatoms. The Morgan fingerprint density at radius 2 is 1.93 bits per heavy atom. The second-order valence-electron chi connectivity index (χ2n) is 7.69. The molecule has 0 aromatic heterocycles. The van der Waals surface area contributed by atoms with E-state index in [2.05, 4.69) is 5.32 Å². The molecule has 1 aliphatic heterocycles. The van der Waals surface area contributed by atoms with Crippen LogP contribution in [0.2, 0.25) is 0 Å². The Hall–Kier alpha value is -1.89. The van der Waals surface area contributed by atoms with Crippen molar-refractivity contribution < 1.29 is 18.0 Å². The maximum absolute atomic E-state index is 13.1. The third-order valence-corrected chi connectivity index (χ3v) is 7.08. The third kappa shape index (κ3) is 4.51. The fraction of sp³-hybridized carbons (Fsp3) is 0.600. The third-order valence-electron chi connectivity index (χ3n) is 5.33. The van der Waals surface area contributed by atoms with Crippen LogP contribution in [0.3, 0.4) is 0 Å². The quantitative estimate of drug-likeness (QED) is 0.752. The first-order chi connectivity index (χ1) is 12.5. The summed E-state index contributed by atoms with van der Waals surface area (Å²) in [6.45, 7) is 9.32. The summed E-state index contributed by atoms with van der Waals surface area (Å²) >= 11 is 0. The number of sulfone groups is 1. The number of hydrogen-bond acceptors (Lipinski definition) is 4. The van der Waals surface area contributed by atoms with E-state index in [1.165, 1.54) is 0 Å². The molecule has 1 saturated heterocycles. The van der Waals surface area contributed by atoms with Gasteiger partial charge in [0.05, 0.1) is 11.5 Å². The van der Waals surface area contributed by atoms with Gasteiger partial charge in [0.25, 0.3) is 0 Å². The largest absolute Gasteiger partial charge is 0.338 e. The molecule has 0 spiro atoms. The number of benzene rings is 1. The summed E-state index contributed by atoms with van der Waals surface area (Å²) in [4.78, 5) is 27.7. The molecule has 0 radical (unpaired) electrons. The maximum atomic E-state index is 13.1. The van der Waals surface area contributed by atoms with Gasteiger partial charge in [0.2, 0.25) is 11.8 Å². The lowest BCUT2D eigenvalue weighted by molar-refractivity contribution is -0.147. The van der Waals surface area contributed by atoms with E-state index in [0.29, 0.717) is 13.0 Å². The zero-order valence-electron chi connectivity index (χ0n) is 16.8. The lowest BCUT2D eigenvalue weighted by Crippen LogP contribution is -2.51. The first-order valence-electron chi connectivity index (χ1n) is 9.45. The Morgan fingerprint density at radius 1 is 1.26 bits per heavy atom. The number of nitrogens with one attached hydrogen (secondary N) is 1. The molecule has 0 bridgehead atoms. The van der Waals surface area contributed by atoms with Crippen LogP contribution >= 0.6 is 0 Å². The minimum Gasteiger partial charge on any atom is -0.338 e. The van der Waals surface area contributed by atoms with E-state index >= 15 is 0 Å². The smallest absolute Gasteiger partial charge is 0.239 e. The van der Waals surface area contributed by atoms with Crippen molar-refractivity contribution in [1.82, 2.24) is 4.90 Å². The van der Waals surface area contributed by atoms with Crippen molar-refractivity contribution in [3.8, 4) is 0 Å². The number of hydrogen-bond donors (Lipinski definition) is 1. The van der Waals surface area contributed by atoms with Gasteiger partial charge in [-0.1, -0.05) is 25.1 Å².